The number of benzene rings is 1. The van der Waals surface area contributed by atoms with Gasteiger partial charge in [-0.1, -0.05) is 44.2 Å². The third-order valence-electron chi connectivity index (χ3n) is 2.92. The zero-order valence-corrected chi connectivity index (χ0v) is 11.8. The van der Waals surface area contributed by atoms with Crippen LogP contribution in [-0.2, 0) is 5.92 Å². The summed E-state index contributed by atoms with van der Waals surface area (Å²) in [5, 5.41) is 0. The molecule has 0 spiro atoms. The van der Waals surface area contributed by atoms with E-state index in [4.69, 9.17) is 5.73 Å². The Morgan fingerprint density at radius 2 is 1.84 bits per heavy atom. The predicted octanol–water partition coefficient (Wildman–Crippen LogP) is 3.09. The minimum absolute atomic E-state index is 0.0801. The monoisotopic (exact) mass is 270 g/mol. The van der Waals surface area contributed by atoms with Crippen LogP contribution in [0.4, 0.5) is 8.78 Å². The lowest BCUT2D eigenvalue weighted by Crippen LogP contribution is -2.38. The van der Waals surface area contributed by atoms with Gasteiger partial charge in [0.2, 0.25) is 0 Å². The highest BCUT2D eigenvalue weighted by molar-refractivity contribution is 5.20. The van der Waals surface area contributed by atoms with Gasteiger partial charge in [0, 0.05) is 12.1 Å². The van der Waals surface area contributed by atoms with Crippen molar-refractivity contribution in [1.82, 2.24) is 4.90 Å². The summed E-state index contributed by atoms with van der Waals surface area (Å²) < 4.78 is 28.4. The molecule has 0 aliphatic rings. The van der Waals surface area contributed by atoms with Crippen LogP contribution in [0.5, 0.6) is 0 Å². The highest BCUT2D eigenvalue weighted by atomic mass is 19.3. The van der Waals surface area contributed by atoms with Crippen LogP contribution in [0.1, 0.15) is 25.8 Å². The SMILES string of the molecule is CC(C)CN(CCCN)CC(F)(F)c1ccccc1. The molecule has 0 aromatic heterocycles. The van der Waals surface area contributed by atoms with Gasteiger partial charge in [-0.25, -0.2) is 0 Å². The Kier molecular flexibility index (Phi) is 6.38. The summed E-state index contributed by atoms with van der Waals surface area (Å²) in [7, 11) is 0. The molecule has 0 fully saturated rings. The second-order valence-electron chi connectivity index (χ2n) is 5.34. The van der Waals surface area contributed by atoms with Gasteiger partial charge in [-0.15, -0.1) is 0 Å². The molecular formula is C15H24F2N2. The van der Waals surface area contributed by atoms with Crippen molar-refractivity contribution in [3.05, 3.63) is 35.9 Å². The number of halogens is 2. The van der Waals surface area contributed by atoms with Crippen molar-refractivity contribution in [2.24, 2.45) is 11.7 Å². The Labute approximate surface area is 114 Å². The maximum Gasteiger partial charge on any atom is 0.285 e. The third-order valence-corrected chi connectivity index (χ3v) is 2.92. The molecule has 0 bridgehead atoms. The highest BCUT2D eigenvalue weighted by Gasteiger charge is 2.33. The fraction of sp³-hybridized carbons (Fsp3) is 0.600. The van der Waals surface area contributed by atoms with Crippen molar-refractivity contribution in [2.45, 2.75) is 26.2 Å². The van der Waals surface area contributed by atoms with Crippen LogP contribution in [0, 0.1) is 5.92 Å². The van der Waals surface area contributed by atoms with Gasteiger partial charge < -0.3 is 5.73 Å². The second-order valence-corrected chi connectivity index (χ2v) is 5.34. The topological polar surface area (TPSA) is 29.3 Å². The molecule has 0 unspecified atom stereocenters. The van der Waals surface area contributed by atoms with Crippen LogP contribution in [-0.4, -0.2) is 31.1 Å². The van der Waals surface area contributed by atoms with E-state index in [1.807, 2.05) is 18.7 Å². The molecule has 2 nitrogen and oxygen atoms in total. The molecule has 4 heteroatoms. The van der Waals surface area contributed by atoms with Gasteiger partial charge in [0.25, 0.3) is 5.92 Å². The molecule has 1 aromatic carbocycles. The van der Waals surface area contributed by atoms with E-state index in [-0.39, 0.29) is 12.1 Å². The molecule has 0 saturated carbocycles. The molecule has 2 N–H and O–H groups in total. The Balaban J connectivity index is 2.70. The van der Waals surface area contributed by atoms with E-state index < -0.39 is 5.92 Å². The first-order valence-corrected chi connectivity index (χ1v) is 6.81. The average molecular weight is 270 g/mol. The zero-order chi connectivity index (χ0) is 14.3. The Morgan fingerprint density at radius 1 is 1.21 bits per heavy atom. The zero-order valence-electron chi connectivity index (χ0n) is 11.8. The third kappa shape index (κ3) is 5.66. The molecule has 19 heavy (non-hydrogen) atoms. The molecule has 0 aliphatic carbocycles. The smallest absolute Gasteiger partial charge is 0.285 e. The molecule has 0 radical (unpaired) electrons. The van der Waals surface area contributed by atoms with E-state index in [2.05, 4.69) is 0 Å². The molecule has 0 heterocycles. The minimum Gasteiger partial charge on any atom is -0.330 e. The van der Waals surface area contributed by atoms with Crippen molar-refractivity contribution in [1.29, 1.82) is 0 Å². The van der Waals surface area contributed by atoms with Crippen LogP contribution >= 0.6 is 0 Å². The Bertz CT molecular complexity index is 352. The van der Waals surface area contributed by atoms with Crippen LogP contribution in [0.25, 0.3) is 0 Å². The summed E-state index contributed by atoms with van der Waals surface area (Å²) in [6, 6.07) is 8.01. The number of hydrogen-bond acceptors (Lipinski definition) is 2. The van der Waals surface area contributed by atoms with Crippen LogP contribution in [0.3, 0.4) is 0 Å². The summed E-state index contributed by atoms with van der Waals surface area (Å²) in [6.07, 6.45) is 0.748. The molecule has 108 valence electrons. The largest absolute Gasteiger partial charge is 0.330 e. The van der Waals surface area contributed by atoms with Crippen LogP contribution < -0.4 is 5.73 Å². The summed E-state index contributed by atoms with van der Waals surface area (Å²) in [4.78, 5) is 1.81. The van der Waals surface area contributed by atoms with E-state index in [0.717, 1.165) is 6.42 Å². The molecule has 0 saturated heterocycles. The van der Waals surface area contributed by atoms with Crippen molar-refractivity contribution in [2.75, 3.05) is 26.2 Å². The lowest BCUT2D eigenvalue weighted by atomic mass is 10.1. The first kappa shape index (κ1) is 16.1. The van der Waals surface area contributed by atoms with Gasteiger partial charge >= 0.3 is 0 Å². The van der Waals surface area contributed by atoms with Gasteiger partial charge in [0.1, 0.15) is 0 Å². The van der Waals surface area contributed by atoms with Gasteiger partial charge in [-0.05, 0) is 25.4 Å². The first-order valence-electron chi connectivity index (χ1n) is 6.81. The lowest BCUT2D eigenvalue weighted by molar-refractivity contribution is -0.0402. The lowest BCUT2D eigenvalue weighted by Gasteiger charge is -2.28. The van der Waals surface area contributed by atoms with E-state index in [0.29, 0.717) is 25.6 Å². The van der Waals surface area contributed by atoms with Crippen molar-refractivity contribution >= 4 is 0 Å². The fourth-order valence-corrected chi connectivity index (χ4v) is 2.12. The second kappa shape index (κ2) is 7.56. The predicted molar refractivity (Wildman–Crippen MR) is 75.3 cm³/mol. The van der Waals surface area contributed by atoms with Gasteiger partial charge in [0.15, 0.2) is 0 Å². The van der Waals surface area contributed by atoms with Crippen LogP contribution in [0.15, 0.2) is 30.3 Å². The first-order chi connectivity index (χ1) is 8.95. The molecule has 1 aromatic rings. The van der Waals surface area contributed by atoms with E-state index in [1.165, 1.54) is 12.1 Å². The molecule has 0 aliphatic heterocycles. The Morgan fingerprint density at radius 3 is 2.37 bits per heavy atom. The number of nitrogens with zero attached hydrogens (tertiary/aromatic N) is 1. The molecule has 1 rings (SSSR count). The number of hydrogen-bond donors (Lipinski definition) is 1. The van der Waals surface area contributed by atoms with Gasteiger partial charge in [-0.2, -0.15) is 8.78 Å². The number of nitrogens with two attached hydrogens (primary N) is 1. The van der Waals surface area contributed by atoms with Crippen molar-refractivity contribution in [3.63, 3.8) is 0 Å². The Hall–Kier alpha value is -1.00. The maximum absolute atomic E-state index is 14.2. The fourth-order valence-electron chi connectivity index (χ4n) is 2.12. The maximum atomic E-state index is 14.2. The summed E-state index contributed by atoms with van der Waals surface area (Å²) in [5.74, 6) is -2.45. The van der Waals surface area contributed by atoms with Gasteiger partial charge in [0.05, 0.1) is 6.54 Å². The average Bonchev–Trinajstić information content (AvgIpc) is 2.36. The number of rotatable bonds is 8. The minimum atomic E-state index is -2.81. The normalized spacial score (nSPS) is 12.4. The summed E-state index contributed by atoms with van der Waals surface area (Å²) in [6.45, 7) is 5.66. The molecular weight excluding hydrogens is 246 g/mol. The van der Waals surface area contributed by atoms with E-state index in [1.54, 1.807) is 18.2 Å². The van der Waals surface area contributed by atoms with Gasteiger partial charge in [-0.3, -0.25) is 4.90 Å². The van der Waals surface area contributed by atoms with Crippen molar-refractivity contribution in [3.8, 4) is 0 Å². The number of alkyl halides is 2. The van der Waals surface area contributed by atoms with E-state index in [9.17, 15) is 8.78 Å². The summed E-state index contributed by atoms with van der Waals surface area (Å²) in [5.41, 5.74) is 5.55. The standard InChI is InChI=1S/C15H24F2N2/c1-13(2)11-19(10-6-9-18)12-15(16,17)14-7-4-3-5-8-14/h3-5,7-8,13H,6,9-12,18H2,1-2H3. The van der Waals surface area contributed by atoms with E-state index >= 15 is 0 Å². The van der Waals surface area contributed by atoms with Crippen LogP contribution in [0.2, 0.25) is 0 Å². The molecule has 0 atom stereocenters. The summed E-state index contributed by atoms with van der Waals surface area (Å²) >= 11 is 0. The molecule has 0 amide bonds. The quantitative estimate of drug-likeness (QED) is 0.786. The van der Waals surface area contributed by atoms with Crippen molar-refractivity contribution < 1.29 is 8.78 Å². The highest BCUT2D eigenvalue weighted by Crippen LogP contribution is 2.29.